The van der Waals surface area contributed by atoms with Gasteiger partial charge >= 0.3 is 17.9 Å². The minimum absolute atomic E-state index is 0.0339. The van der Waals surface area contributed by atoms with Gasteiger partial charge in [-0.05, 0) is 12.1 Å². The Morgan fingerprint density at radius 1 is 0.850 bits per heavy atom. The lowest BCUT2D eigenvalue weighted by Crippen LogP contribution is -2.11. The molecule has 0 atom stereocenters. The van der Waals surface area contributed by atoms with Crippen LogP contribution < -0.4 is 14.2 Å². The number of hydrogen-bond acceptors (Lipinski definition) is 7. The number of carbonyl (C=O) groups is 3. The Hall–Kier alpha value is -2.70. The van der Waals surface area contributed by atoms with Gasteiger partial charge in [0, 0.05) is 26.3 Å². The molecule has 0 N–H and O–H groups in total. The van der Waals surface area contributed by atoms with E-state index in [0.717, 1.165) is 32.9 Å². The van der Waals surface area contributed by atoms with Gasteiger partial charge in [0.05, 0.1) is 0 Å². The molecule has 1 aromatic carbocycles. The molecule has 1 rings (SSSR count). The molecule has 0 aliphatic heterocycles. The fraction of sp³-hybridized carbons (Fsp3) is 0.231. The number of hydrogen-bond donors (Lipinski definition) is 0. The zero-order chi connectivity index (χ0) is 15.3. The van der Waals surface area contributed by atoms with Crippen molar-refractivity contribution < 1.29 is 33.4 Å². The Labute approximate surface area is 114 Å². The summed E-state index contributed by atoms with van der Waals surface area (Å²) >= 11 is 0. The zero-order valence-corrected chi connectivity index (χ0v) is 11.0. The summed E-state index contributed by atoms with van der Waals surface area (Å²) in [5.41, 5.74) is -0.0339. The standard InChI is InChI=1S/C13H11O7/c1-7(15)18-11-4-10(6-14)5-12(19-8(2)16)13(11)20-9(3)17/h4-5H,1-3H3. The van der Waals surface area contributed by atoms with E-state index in [1.165, 1.54) is 0 Å². The lowest BCUT2D eigenvalue weighted by Gasteiger charge is -2.13. The lowest BCUT2D eigenvalue weighted by atomic mass is 10.2. The van der Waals surface area contributed by atoms with Crippen molar-refractivity contribution >= 4 is 24.2 Å². The highest BCUT2D eigenvalue weighted by atomic mass is 16.6. The molecule has 0 aromatic heterocycles. The number of carbonyl (C=O) groups excluding carboxylic acids is 4. The Bertz CT molecular complexity index is 537. The van der Waals surface area contributed by atoms with E-state index in [4.69, 9.17) is 14.2 Å². The highest BCUT2D eigenvalue weighted by Gasteiger charge is 2.20. The molecule has 0 aliphatic carbocycles. The molecule has 0 heterocycles. The summed E-state index contributed by atoms with van der Waals surface area (Å²) < 4.78 is 14.5. The van der Waals surface area contributed by atoms with Crippen LogP contribution in [0.15, 0.2) is 12.1 Å². The third-order valence-electron chi connectivity index (χ3n) is 1.89. The summed E-state index contributed by atoms with van der Waals surface area (Å²) in [5.74, 6) is -2.81. The molecule has 0 spiro atoms. The van der Waals surface area contributed by atoms with E-state index in [1.54, 1.807) is 6.29 Å². The Balaban J connectivity index is 3.42. The van der Waals surface area contributed by atoms with Gasteiger partial charge in [0.1, 0.15) is 0 Å². The molecule has 1 aromatic rings. The van der Waals surface area contributed by atoms with Gasteiger partial charge in [-0.25, -0.2) is 0 Å². The molecular formula is C13H11O7. The molecule has 20 heavy (non-hydrogen) atoms. The van der Waals surface area contributed by atoms with Crippen LogP contribution in [0.5, 0.6) is 17.2 Å². The smallest absolute Gasteiger partial charge is 0.308 e. The summed E-state index contributed by atoms with van der Waals surface area (Å²) in [6.45, 7) is 3.37. The molecule has 105 valence electrons. The summed E-state index contributed by atoms with van der Waals surface area (Å²) in [6.07, 6.45) is 1.56. The van der Waals surface area contributed by atoms with Crippen molar-refractivity contribution in [2.75, 3.05) is 0 Å². The van der Waals surface area contributed by atoms with Gasteiger partial charge in [0.25, 0.3) is 0 Å². The third kappa shape index (κ3) is 4.20. The van der Waals surface area contributed by atoms with E-state index in [1.807, 2.05) is 0 Å². The van der Waals surface area contributed by atoms with Crippen LogP contribution in [0.1, 0.15) is 26.3 Å². The Morgan fingerprint density at radius 3 is 1.55 bits per heavy atom. The molecule has 1 radical (unpaired) electrons. The summed E-state index contributed by atoms with van der Waals surface area (Å²) in [4.78, 5) is 43.8. The van der Waals surface area contributed by atoms with Crippen molar-refractivity contribution in [1.82, 2.24) is 0 Å². The number of ether oxygens (including phenoxy) is 3. The van der Waals surface area contributed by atoms with Gasteiger partial charge in [-0.3, -0.25) is 19.2 Å². The van der Waals surface area contributed by atoms with E-state index in [2.05, 4.69) is 0 Å². The van der Waals surface area contributed by atoms with Gasteiger partial charge in [-0.1, -0.05) is 0 Å². The molecule has 0 bridgehead atoms. The number of rotatable bonds is 4. The molecule has 0 unspecified atom stereocenters. The molecule has 0 saturated heterocycles. The van der Waals surface area contributed by atoms with E-state index < -0.39 is 17.9 Å². The third-order valence-corrected chi connectivity index (χ3v) is 1.89. The fourth-order valence-corrected chi connectivity index (χ4v) is 1.34. The first kappa shape index (κ1) is 15.4. The molecule has 7 heteroatoms. The van der Waals surface area contributed by atoms with E-state index in [-0.39, 0.29) is 22.8 Å². The van der Waals surface area contributed by atoms with Gasteiger partial charge in [0.2, 0.25) is 12.0 Å². The first-order valence-electron chi connectivity index (χ1n) is 5.45. The second-order valence-electron chi connectivity index (χ2n) is 3.68. The quantitative estimate of drug-likeness (QED) is 0.597. The monoisotopic (exact) mass is 279 g/mol. The maximum atomic E-state index is 11.1. The first-order valence-corrected chi connectivity index (χ1v) is 5.45. The first-order chi connectivity index (χ1) is 9.33. The number of benzene rings is 1. The van der Waals surface area contributed by atoms with Crippen LogP contribution in [0, 0.1) is 0 Å². The molecule has 0 amide bonds. The minimum Gasteiger partial charge on any atom is -0.423 e. The molecule has 0 aliphatic rings. The summed E-state index contributed by atoms with van der Waals surface area (Å²) in [7, 11) is 0. The largest absolute Gasteiger partial charge is 0.423 e. The van der Waals surface area contributed by atoms with E-state index >= 15 is 0 Å². The van der Waals surface area contributed by atoms with E-state index in [0.29, 0.717) is 0 Å². The van der Waals surface area contributed by atoms with Gasteiger partial charge < -0.3 is 14.2 Å². The van der Waals surface area contributed by atoms with Crippen LogP contribution in [0.2, 0.25) is 0 Å². The highest BCUT2D eigenvalue weighted by molar-refractivity contribution is 5.83. The predicted octanol–water partition coefficient (Wildman–Crippen LogP) is 0.920. The average Bonchev–Trinajstić information content (AvgIpc) is 2.30. The zero-order valence-electron chi connectivity index (χ0n) is 11.0. The van der Waals surface area contributed by atoms with Gasteiger partial charge in [0.15, 0.2) is 11.5 Å². The minimum atomic E-state index is -0.713. The van der Waals surface area contributed by atoms with Crippen molar-refractivity contribution in [3.8, 4) is 17.2 Å². The van der Waals surface area contributed by atoms with E-state index in [9.17, 15) is 19.2 Å². The van der Waals surface area contributed by atoms with Crippen LogP contribution in [0.3, 0.4) is 0 Å². The second-order valence-corrected chi connectivity index (χ2v) is 3.68. The van der Waals surface area contributed by atoms with Crippen LogP contribution in [0.4, 0.5) is 0 Å². The maximum Gasteiger partial charge on any atom is 0.308 e. The van der Waals surface area contributed by atoms with Gasteiger partial charge in [-0.2, -0.15) is 0 Å². The Morgan fingerprint density at radius 2 is 1.25 bits per heavy atom. The molecule has 0 saturated carbocycles. The molecule has 7 nitrogen and oxygen atoms in total. The van der Waals surface area contributed by atoms with Crippen molar-refractivity contribution in [3.05, 3.63) is 17.7 Å². The SMILES string of the molecule is CC(=O)Oc1cc([C]=O)cc(OC(C)=O)c1OC(C)=O. The average molecular weight is 279 g/mol. The summed E-state index contributed by atoms with van der Waals surface area (Å²) in [5, 5.41) is 0. The van der Waals surface area contributed by atoms with Crippen LogP contribution in [0.25, 0.3) is 0 Å². The maximum absolute atomic E-state index is 11.1. The lowest BCUT2D eigenvalue weighted by molar-refractivity contribution is -0.135. The van der Waals surface area contributed by atoms with Gasteiger partial charge in [-0.15, -0.1) is 0 Å². The normalized spacial score (nSPS) is 9.55. The van der Waals surface area contributed by atoms with Crippen LogP contribution in [-0.2, 0) is 19.2 Å². The highest BCUT2D eigenvalue weighted by Crippen LogP contribution is 2.39. The van der Waals surface area contributed by atoms with Crippen molar-refractivity contribution in [2.24, 2.45) is 0 Å². The topological polar surface area (TPSA) is 96.0 Å². The molecular weight excluding hydrogens is 268 g/mol. The summed E-state index contributed by atoms with van der Waals surface area (Å²) in [6, 6.07) is 2.28. The van der Waals surface area contributed by atoms with Crippen LogP contribution >= 0.6 is 0 Å². The molecule has 0 fully saturated rings. The predicted molar refractivity (Wildman–Crippen MR) is 65.2 cm³/mol. The van der Waals surface area contributed by atoms with Crippen molar-refractivity contribution in [3.63, 3.8) is 0 Å². The number of esters is 3. The Kier molecular flexibility index (Phi) is 4.96. The van der Waals surface area contributed by atoms with Crippen molar-refractivity contribution in [2.45, 2.75) is 20.8 Å². The van der Waals surface area contributed by atoms with Crippen LogP contribution in [-0.4, -0.2) is 24.2 Å². The second kappa shape index (κ2) is 6.46. The fourth-order valence-electron chi connectivity index (χ4n) is 1.34. The van der Waals surface area contributed by atoms with Crippen molar-refractivity contribution in [1.29, 1.82) is 0 Å².